The van der Waals surface area contributed by atoms with Crippen LogP contribution in [0.5, 0.6) is 5.75 Å². The topological polar surface area (TPSA) is 38.2 Å². The quantitative estimate of drug-likeness (QED) is 0.769. The number of hydrogen-bond donors (Lipinski definition) is 0. The van der Waals surface area contributed by atoms with Crippen molar-refractivity contribution >= 4 is 5.95 Å². The van der Waals surface area contributed by atoms with Crippen molar-refractivity contribution in [3.63, 3.8) is 0 Å². The molecule has 2 aromatic rings. The molecule has 0 amide bonds. The van der Waals surface area contributed by atoms with E-state index in [4.69, 9.17) is 4.74 Å². The first-order chi connectivity index (χ1) is 12.4. The van der Waals surface area contributed by atoms with Gasteiger partial charge < -0.3 is 9.64 Å². The molecule has 26 heavy (non-hydrogen) atoms. The summed E-state index contributed by atoms with van der Waals surface area (Å²) in [4.78, 5) is 10.0. The summed E-state index contributed by atoms with van der Waals surface area (Å²) in [5, 5.41) is 0. The molecular formula is C19H22F3N3O. The predicted molar refractivity (Wildman–Crippen MR) is 94.3 cm³/mol. The number of halogens is 3. The summed E-state index contributed by atoms with van der Waals surface area (Å²) in [7, 11) is 3.32. The lowest BCUT2D eigenvalue weighted by molar-refractivity contribution is -0.141. The van der Waals surface area contributed by atoms with E-state index in [2.05, 4.69) is 9.97 Å². The molecule has 140 valence electrons. The van der Waals surface area contributed by atoms with E-state index < -0.39 is 11.9 Å². The van der Waals surface area contributed by atoms with E-state index >= 15 is 0 Å². The van der Waals surface area contributed by atoms with Gasteiger partial charge in [-0.2, -0.15) is 13.2 Å². The standard InChI is InChI=1S/C19H22F3N3O/c1-25(14-6-4-3-5-7-14)18-23-16(12-17(24-18)19(20,21)22)13-8-10-15(26-2)11-9-13/h8-12,14H,3-7H2,1-2H3. The summed E-state index contributed by atoms with van der Waals surface area (Å²) >= 11 is 0. The zero-order valence-corrected chi connectivity index (χ0v) is 14.9. The molecule has 1 aromatic carbocycles. The Morgan fingerprint density at radius 1 is 1.04 bits per heavy atom. The number of alkyl halides is 3. The van der Waals surface area contributed by atoms with Crippen LogP contribution >= 0.6 is 0 Å². The molecule has 4 nitrogen and oxygen atoms in total. The highest BCUT2D eigenvalue weighted by Crippen LogP contribution is 2.33. The van der Waals surface area contributed by atoms with Crippen LogP contribution in [0.25, 0.3) is 11.3 Å². The third-order valence-corrected chi connectivity index (χ3v) is 4.83. The molecule has 0 N–H and O–H groups in total. The Morgan fingerprint density at radius 2 is 1.69 bits per heavy atom. The second kappa shape index (κ2) is 7.51. The lowest BCUT2D eigenvalue weighted by atomic mass is 9.95. The molecule has 0 aliphatic heterocycles. The molecule has 0 bridgehead atoms. The van der Waals surface area contributed by atoms with E-state index in [0.717, 1.165) is 31.7 Å². The SMILES string of the molecule is COc1ccc(-c2cc(C(F)(F)F)nc(N(C)C3CCCCC3)n2)cc1. The van der Waals surface area contributed by atoms with E-state index in [9.17, 15) is 13.2 Å². The first kappa shape index (κ1) is 18.5. The van der Waals surface area contributed by atoms with Gasteiger partial charge >= 0.3 is 6.18 Å². The van der Waals surface area contributed by atoms with Crippen molar-refractivity contribution in [1.29, 1.82) is 0 Å². The van der Waals surface area contributed by atoms with Crippen LogP contribution < -0.4 is 9.64 Å². The Bertz CT molecular complexity index is 741. The van der Waals surface area contributed by atoms with E-state index in [0.29, 0.717) is 11.3 Å². The van der Waals surface area contributed by atoms with Gasteiger partial charge in [0.25, 0.3) is 0 Å². The number of hydrogen-bond acceptors (Lipinski definition) is 4. The Hall–Kier alpha value is -2.31. The van der Waals surface area contributed by atoms with Gasteiger partial charge in [-0.25, -0.2) is 9.97 Å². The number of methoxy groups -OCH3 is 1. The summed E-state index contributed by atoms with van der Waals surface area (Å²) < 4.78 is 45.2. The Balaban J connectivity index is 2.00. The summed E-state index contributed by atoms with van der Waals surface area (Å²) in [6.07, 6.45) is 0.720. The first-order valence-corrected chi connectivity index (χ1v) is 8.72. The molecule has 1 aromatic heterocycles. The van der Waals surface area contributed by atoms with Gasteiger partial charge in [-0.15, -0.1) is 0 Å². The van der Waals surface area contributed by atoms with Crippen molar-refractivity contribution in [3.05, 3.63) is 36.0 Å². The smallest absolute Gasteiger partial charge is 0.433 e. The number of nitrogens with zero attached hydrogens (tertiary/aromatic N) is 3. The minimum absolute atomic E-state index is 0.123. The first-order valence-electron chi connectivity index (χ1n) is 8.72. The number of anilines is 1. The minimum Gasteiger partial charge on any atom is -0.497 e. The van der Waals surface area contributed by atoms with Gasteiger partial charge in [0.15, 0.2) is 5.69 Å². The second-order valence-corrected chi connectivity index (χ2v) is 6.57. The molecule has 0 radical (unpaired) electrons. The normalized spacial score (nSPS) is 15.7. The van der Waals surface area contributed by atoms with Gasteiger partial charge in [0, 0.05) is 18.7 Å². The molecule has 1 aliphatic rings. The van der Waals surface area contributed by atoms with Crippen LogP contribution in [0.15, 0.2) is 30.3 Å². The Morgan fingerprint density at radius 3 is 2.27 bits per heavy atom. The maximum absolute atomic E-state index is 13.4. The van der Waals surface area contributed by atoms with Gasteiger partial charge in [0.05, 0.1) is 12.8 Å². The van der Waals surface area contributed by atoms with Crippen LogP contribution in [0.2, 0.25) is 0 Å². The zero-order chi connectivity index (χ0) is 18.7. The van der Waals surface area contributed by atoms with Crippen LogP contribution in [-0.4, -0.2) is 30.2 Å². The molecule has 7 heteroatoms. The van der Waals surface area contributed by atoms with Crippen molar-refractivity contribution < 1.29 is 17.9 Å². The van der Waals surface area contributed by atoms with E-state index in [-0.39, 0.29) is 17.7 Å². The van der Waals surface area contributed by atoms with Crippen molar-refractivity contribution in [3.8, 4) is 17.0 Å². The lowest BCUT2D eigenvalue weighted by Crippen LogP contribution is -2.35. The van der Waals surface area contributed by atoms with Crippen molar-refractivity contribution in [2.24, 2.45) is 0 Å². The number of benzene rings is 1. The molecule has 1 fully saturated rings. The number of rotatable bonds is 4. The third-order valence-electron chi connectivity index (χ3n) is 4.83. The van der Waals surface area contributed by atoms with E-state index in [1.807, 2.05) is 0 Å². The fourth-order valence-electron chi connectivity index (χ4n) is 3.28. The summed E-state index contributed by atoms with van der Waals surface area (Å²) in [5.41, 5.74) is -0.0689. The fraction of sp³-hybridized carbons (Fsp3) is 0.474. The highest BCUT2D eigenvalue weighted by Gasteiger charge is 2.34. The van der Waals surface area contributed by atoms with Gasteiger partial charge in [0.2, 0.25) is 5.95 Å². The second-order valence-electron chi connectivity index (χ2n) is 6.57. The fourth-order valence-corrected chi connectivity index (χ4v) is 3.28. The summed E-state index contributed by atoms with van der Waals surface area (Å²) in [5.74, 6) is 0.760. The van der Waals surface area contributed by atoms with Gasteiger partial charge in [0.1, 0.15) is 5.75 Å². The predicted octanol–water partition coefficient (Wildman–Crippen LogP) is 4.94. The molecule has 0 atom stereocenters. The van der Waals surface area contributed by atoms with Gasteiger partial charge in [-0.1, -0.05) is 19.3 Å². The average molecular weight is 365 g/mol. The average Bonchev–Trinajstić information content (AvgIpc) is 2.67. The zero-order valence-electron chi connectivity index (χ0n) is 14.9. The summed E-state index contributed by atoms with van der Waals surface area (Å²) in [6, 6.07) is 7.98. The van der Waals surface area contributed by atoms with E-state index in [1.54, 1.807) is 43.3 Å². The summed E-state index contributed by atoms with van der Waals surface area (Å²) in [6.45, 7) is 0. The van der Waals surface area contributed by atoms with Crippen LogP contribution in [0, 0.1) is 0 Å². The molecule has 1 heterocycles. The Kier molecular flexibility index (Phi) is 5.34. The van der Waals surface area contributed by atoms with Crippen molar-refractivity contribution in [2.45, 2.75) is 44.3 Å². The minimum atomic E-state index is -4.52. The van der Waals surface area contributed by atoms with E-state index in [1.165, 1.54) is 6.42 Å². The van der Waals surface area contributed by atoms with Gasteiger partial charge in [-0.05, 0) is 43.2 Å². The van der Waals surface area contributed by atoms with Crippen molar-refractivity contribution in [2.75, 3.05) is 19.1 Å². The monoisotopic (exact) mass is 365 g/mol. The molecule has 3 rings (SSSR count). The highest BCUT2D eigenvalue weighted by atomic mass is 19.4. The maximum Gasteiger partial charge on any atom is 0.433 e. The highest BCUT2D eigenvalue weighted by molar-refractivity contribution is 5.62. The van der Waals surface area contributed by atoms with Crippen LogP contribution in [-0.2, 0) is 6.18 Å². The van der Waals surface area contributed by atoms with Crippen LogP contribution in [0.3, 0.4) is 0 Å². The third kappa shape index (κ3) is 4.08. The molecule has 1 saturated carbocycles. The molecule has 0 spiro atoms. The molecule has 0 saturated heterocycles. The number of ether oxygens (including phenoxy) is 1. The molecule has 0 unspecified atom stereocenters. The largest absolute Gasteiger partial charge is 0.497 e. The maximum atomic E-state index is 13.4. The molecule has 1 aliphatic carbocycles. The number of aromatic nitrogens is 2. The lowest BCUT2D eigenvalue weighted by Gasteiger charge is -2.31. The van der Waals surface area contributed by atoms with Crippen LogP contribution in [0.1, 0.15) is 37.8 Å². The van der Waals surface area contributed by atoms with Gasteiger partial charge in [-0.3, -0.25) is 0 Å². The van der Waals surface area contributed by atoms with Crippen molar-refractivity contribution in [1.82, 2.24) is 9.97 Å². The Labute approximate surface area is 151 Å². The van der Waals surface area contributed by atoms with Crippen LogP contribution in [0.4, 0.5) is 19.1 Å². The molecular weight excluding hydrogens is 343 g/mol.